The highest BCUT2D eigenvalue weighted by atomic mass is 32.2. The number of rotatable bonds is 6. The van der Waals surface area contributed by atoms with Gasteiger partial charge in [-0.1, -0.05) is 25.1 Å². The molecule has 0 aromatic heterocycles. The summed E-state index contributed by atoms with van der Waals surface area (Å²) >= 11 is 0. The van der Waals surface area contributed by atoms with Gasteiger partial charge in [0.25, 0.3) is 0 Å². The van der Waals surface area contributed by atoms with Crippen LogP contribution in [0.3, 0.4) is 0 Å². The molecule has 0 bridgehead atoms. The van der Waals surface area contributed by atoms with Crippen LogP contribution in [0.25, 0.3) is 0 Å². The minimum Gasteiger partial charge on any atom is -0.508 e. The van der Waals surface area contributed by atoms with Gasteiger partial charge in [0.2, 0.25) is 0 Å². The van der Waals surface area contributed by atoms with Crippen molar-refractivity contribution in [1.82, 2.24) is 5.32 Å². The zero-order valence-corrected chi connectivity index (χ0v) is 9.72. The lowest BCUT2D eigenvalue weighted by Crippen LogP contribution is -2.20. The van der Waals surface area contributed by atoms with E-state index in [0.717, 1.165) is 12.1 Å². The number of benzene rings is 1. The van der Waals surface area contributed by atoms with Crippen molar-refractivity contribution < 1.29 is 9.32 Å². The monoisotopic (exact) mass is 227 g/mol. The summed E-state index contributed by atoms with van der Waals surface area (Å²) in [5, 5.41) is 12.6. The molecule has 1 aromatic carbocycles. The van der Waals surface area contributed by atoms with Gasteiger partial charge in [-0.15, -0.1) is 0 Å². The van der Waals surface area contributed by atoms with Gasteiger partial charge >= 0.3 is 0 Å². The van der Waals surface area contributed by atoms with Crippen LogP contribution in [-0.4, -0.2) is 27.4 Å². The summed E-state index contributed by atoms with van der Waals surface area (Å²) < 4.78 is 11.1. The molecule has 1 unspecified atom stereocenters. The molecule has 1 rings (SSSR count). The molecule has 3 nitrogen and oxygen atoms in total. The molecular weight excluding hydrogens is 210 g/mol. The molecule has 0 aliphatic heterocycles. The van der Waals surface area contributed by atoms with Gasteiger partial charge < -0.3 is 10.4 Å². The van der Waals surface area contributed by atoms with Crippen molar-refractivity contribution in [2.75, 3.05) is 18.1 Å². The highest BCUT2D eigenvalue weighted by Crippen LogP contribution is 2.14. The Bertz CT molecular complexity index is 328. The summed E-state index contributed by atoms with van der Waals surface area (Å²) in [6, 6.07) is 7.23. The van der Waals surface area contributed by atoms with Crippen molar-refractivity contribution >= 4 is 10.8 Å². The van der Waals surface area contributed by atoms with E-state index in [1.807, 2.05) is 19.1 Å². The van der Waals surface area contributed by atoms with Gasteiger partial charge in [-0.2, -0.15) is 0 Å². The second-order valence-electron chi connectivity index (χ2n) is 3.24. The van der Waals surface area contributed by atoms with E-state index in [1.165, 1.54) is 0 Å². The maximum absolute atomic E-state index is 11.1. The Kier molecular flexibility index (Phi) is 5.36. The fraction of sp³-hybridized carbons (Fsp3) is 0.455. The Morgan fingerprint density at radius 2 is 2.13 bits per heavy atom. The predicted octanol–water partition coefficient (Wildman–Crippen LogP) is 1.25. The number of para-hydroxylation sites is 1. The fourth-order valence-corrected chi connectivity index (χ4v) is 1.87. The average Bonchev–Trinajstić information content (AvgIpc) is 2.26. The third kappa shape index (κ3) is 4.44. The molecule has 1 aromatic rings. The summed E-state index contributed by atoms with van der Waals surface area (Å²) in [7, 11) is -0.715. The van der Waals surface area contributed by atoms with E-state index in [0.29, 0.717) is 23.8 Å². The molecule has 84 valence electrons. The molecule has 2 N–H and O–H groups in total. The standard InChI is InChI=1S/C11H17NO2S/c1-2-15(14)8-7-12-9-10-5-3-4-6-11(10)13/h3-6,12-13H,2,7-9H2,1H3. The van der Waals surface area contributed by atoms with Crippen LogP contribution < -0.4 is 5.32 Å². The van der Waals surface area contributed by atoms with E-state index in [4.69, 9.17) is 0 Å². The SMILES string of the molecule is CCS(=O)CCNCc1ccccc1O. The number of nitrogens with one attached hydrogen (secondary N) is 1. The molecule has 4 heteroatoms. The van der Waals surface area contributed by atoms with Gasteiger partial charge in [0, 0.05) is 41.0 Å². The summed E-state index contributed by atoms with van der Waals surface area (Å²) in [5.74, 6) is 1.68. The second-order valence-corrected chi connectivity index (χ2v) is 5.10. The van der Waals surface area contributed by atoms with Gasteiger partial charge in [0.05, 0.1) is 0 Å². The van der Waals surface area contributed by atoms with Crippen LogP contribution in [0.15, 0.2) is 24.3 Å². The highest BCUT2D eigenvalue weighted by molar-refractivity contribution is 7.84. The van der Waals surface area contributed by atoms with Crippen LogP contribution in [0.2, 0.25) is 0 Å². The number of phenols is 1. The smallest absolute Gasteiger partial charge is 0.120 e. The predicted molar refractivity (Wildman–Crippen MR) is 63.4 cm³/mol. The van der Waals surface area contributed by atoms with Gasteiger partial charge in [-0.05, 0) is 6.07 Å². The first kappa shape index (κ1) is 12.2. The van der Waals surface area contributed by atoms with Crippen molar-refractivity contribution in [3.63, 3.8) is 0 Å². The van der Waals surface area contributed by atoms with Gasteiger partial charge in [-0.25, -0.2) is 0 Å². The number of phenolic OH excluding ortho intramolecular Hbond substituents is 1. The molecule has 15 heavy (non-hydrogen) atoms. The zero-order chi connectivity index (χ0) is 11.1. The molecule has 0 spiro atoms. The van der Waals surface area contributed by atoms with Crippen molar-refractivity contribution in [2.24, 2.45) is 0 Å². The van der Waals surface area contributed by atoms with Crippen LogP contribution in [0.4, 0.5) is 0 Å². The maximum atomic E-state index is 11.1. The summed E-state index contributed by atoms with van der Waals surface area (Å²) in [4.78, 5) is 0. The maximum Gasteiger partial charge on any atom is 0.120 e. The van der Waals surface area contributed by atoms with Gasteiger partial charge in [0.15, 0.2) is 0 Å². The van der Waals surface area contributed by atoms with Crippen LogP contribution >= 0.6 is 0 Å². The van der Waals surface area contributed by atoms with Crippen LogP contribution in [-0.2, 0) is 17.3 Å². The Balaban J connectivity index is 2.26. The number of aromatic hydroxyl groups is 1. The number of hydrogen-bond acceptors (Lipinski definition) is 3. The Labute approximate surface area is 93.0 Å². The molecule has 0 heterocycles. The van der Waals surface area contributed by atoms with Crippen LogP contribution in [0.1, 0.15) is 12.5 Å². The highest BCUT2D eigenvalue weighted by Gasteiger charge is 1.99. The van der Waals surface area contributed by atoms with Crippen molar-refractivity contribution in [3.8, 4) is 5.75 Å². The summed E-state index contributed by atoms with van der Waals surface area (Å²) in [6.45, 7) is 3.25. The largest absolute Gasteiger partial charge is 0.508 e. The molecule has 0 saturated carbocycles. The third-order valence-corrected chi connectivity index (χ3v) is 3.44. The molecule has 0 amide bonds. The first-order valence-electron chi connectivity index (χ1n) is 5.06. The summed E-state index contributed by atoms with van der Waals surface area (Å²) in [5.41, 5.74) is 0.875. The van der Waals surface area contributed by atoms with E-state index < -0.39 is 10.8 Å². The molecule has 0 radical (unpaired) electrons. The topological polar surface area (TPSA) is 49.3 Å². The van der Waals surface area contributed by atoms with E-state index in [-0.39, 0.29) is 0 Å². The normalized spacial score (nSPS) is 12.6. The Morgan fingerprint density at radius 3 is 2.80 bits per heavy atom. The fourth-order valence-electron chi connectivity index (χ4n) is 1.21. The van der Waals surface area contributed by atoms with E-state index in [9.17, 15) is 9.32 Å². The Morgan fingerprint density at radius 1 is 1.40 bits per heavy atom. The molecule has 0 fully saturated rings. The van der Waals surface area contributed by atoms with Crippen molar-refractivity contribution in [3.05, 3.63) is 29.8 Å². The van der Waals surface area contributed by atoms with Gasteiger partial charge in [-0.3, -0.25) is 4.21 Å². The zero-order valence-electron chi connectivity index (χ0n) is 8.90. The van der Waals surface area contributed by atoms with E-state index in [1.54, 1.807) is 12.1 Å². The lowest BCUT2D eigenvalue weighted by molar-refractivity contribution is 0.465. The molecular formula is C11H17NO2S. The Hall–Kier alpha value is -0.870. The second kappa shape index (κ2) is 6.58. The van der Waals surface area contributed by atoms with Crippen molar-refractivity contribution in [1.29, 1.82) is 0 Å². The third-order valence-electron chi connectivity index (χ3n) is 2.14. The lowest BCUT2D eigenvalue weighted by Gasteiger charge is -2.05. The lowest BCUT2D eigenvalue weighted by atomic mass is 10.2. The minimum absolute atomic E-state index is 0.307. The molecule has 1 atom stereocenters. The summed E-state index contributed by atoms with van der Waals surface area (Å²) in [6.07, 6.45) is 0. The molecule has 0 aliphatic rings. The van der Waals surface area contributed by atoms with Crippen molar-refractivity contribution in [2.45, 2.75) is 13.5 Å². The van der Waals surface area contributed by atoms with Crippen LogP contribution in [0, 0.1) is 0 Å². The van der Waals surface area contributed by atoms with E-state index >= 15 is 0 Å². The number of hydrogen-bond donors (Lipinski definition) is 2. The van der Waals surface area contributed by atoms with E-state index in [2.05, 4.69) is 5.32 Å². The average molecular weight is 227 g/mol. The molecule has 0 aliphatic carbocycles. The van der Waals surface area contributed by atoms with Gasteiger partial charge in [0.1, 0.15) is 5.75 Å². The first-order chi connectivity index (χ1) is 7.24. The minimum atomic E-state index is -0.715. The quantitative estimate of drug-likeness (QED) is 0.719. The van der Waals surface area contributed by atoms with Crippen LogP contribution in [0.5, 0.6) is 5.75 Å². The first-order valence-corrected chi connectivity index (χ1v) is 6.55. The molecule has 0 saturated heterocycles.